The molecule has 2 rings (SSSR count). The molecule has 17 heavy (non-hydrogen) atoms. The number of rotatable bonds is 3. The highest BCUT2D eigenvalue weighted by Crippen LogP contribution is 2.36. The molecule has 2 fully saturated rings. The van der Waals surface area contributed by atoms with Crippen LogP contribution in [0.25, 0.3) is 0 Å². The number of hydrogen-bond acceptors (Lipinski definition) is 2. The Hall–Kier alpha value is -0.550. The van der Waals surface area contributed by atoms with Crippen LogP contribution in [0.4, 0.5) is 0 Å². The van der Waals surface area contributed by atoms with Gasteiger partial charge in [0.05, 0.1) is 12.0 Å². The van der Waals surface area contributed by atoms with E-state index in [1.807, 2.05) is 0 Å². The van der Waals surface area contributed by atoms with Gasteiger partial charge in [-0.1, -0.05) is 26.2 Å². The average Bonchev–Trinajstić information content (AvgIpc) is 2.91. The first-order valence-corrected chi connectivity index (χ1v) is 7.37. The summed E-state index contributed by atoms with van der Waals surface area (Å²) < 4.78 is 0. The first-order valence-electron chi connectivity index (χ1n) is 7.37. The summed E-state index contributed by atoms with van der Waals surface area (Å²) in [6.07, 6.45) is 10.4. The molecule has 0 aromatic carbocycles. The molecule has 2 aliphatic rings. The summed E-state index contributed by atoms with van der Waals surface area (Å²) in [6.45, 7) is 2.30. The number of nitrogens with zero attached hydrogens (tertiary/aromatic N) is 2. The molecule has 0 aliphatic heterocycles. The first-order chi connectivity index (χ1) is 8.26. The Morgan fingerprint density at radius 1 is 1.18 bits per heavy atom. The Labute approximate surface area is 106 Å². The monoisotopic (exact) mass is 234 g/mol. The van der Waals surface area contributed by atoms with Crippen molar-refractivity contribution in [3.63, 3.8) is 0 Å². The molecule has 2 aliphatic carbocycles. The van der Waals surface area contributed by atoms with Crippen molar-refractivity contribution >= 4 is 0 Å². The van der Waals surface area contributed by atoms with Crippen molar-refractivity contribution < 1.29 is 0 Å². The van der Waals surface area contributed by atoms with E-state index in [9.17, 15) is 5.26 Å². The summed E-state index contributed by atoms with van der Waals surface area (Å²) in [5.74, 6) is 1.14. The molecule has 3 atom stereocenters. The van der Waals surface area contributed by atoms with Crippen molar-refractivity contribution in [2.24, 2.45) is 11.8 Å². The van der Waals surface area contributed by atoms with Crippen LogP contribution in [0.2, 0.25) is 0 Å². The summed E-state index contributed by atoms with van der Waals surface area (Å²) in [5.41, 5.74) is 0. The van der Waals surface area contributed by atoms with Crippen LogP contribution in [0.15, 0.2) is 0 Å². The van der Waals surface area contributed by atoms with Gasteiger partial charge in [0.1, 0.15) is 0 Å². The third-order valence-electron chi connectivity index (χ3n) is 5.09. The lowest BCUT2D eigenvalue weighted by molar-refractivity contribution is 0.0878. The van der Waals surface area contributed by atoms with Crippen LogP contribution in [0.1, 0.15) is 58.3 Å². The van der Waals surface area contributed by atoms with Crippen LogP contribution in [-0.4, -0.2) is 24.0 Å². The normalized spacial score (nSPS) is 35.1. The highest BCUT2D eigenvalue weighted by molar-refractivity contribution is 4.98. The Kier molecular flexibility index (Phi) is 4.45. The van der Waals surface area contributed by atoms with Gasteiger partial charge in [-0.2, -0.15) is 5.26 Å². The van der Waals surface area contributed by atoms with Crippen molar-refractivity contribution in [1.29, 1.82) is 5.26 Å². The number of nitriles is 1. The molecule has 2 nitrogen and oxygen atoms in total. The Bertz CT molecular complexity index is 275. The summed E-state index contributed by atoms with van der Waals surface area (Å²) in [6, 6.07) is 3.85. The summed E-state index contributed by atoms with van der Waals surface area (Å²) in [5, 5.41) is 9.34. The lowest BCUT2D eigenvalue weighted by atomic mass is 9.77. The van der Waals surface area contributed by atoms with Gasteiger partial charge in [0.2, 0.25) is 0 Å². The van der Waals surface area contributed by atoms with Gasteiger partial charge in [-0.15, -0.1) is 0 Å². The van der Waals surface area contributed by atoms with E-state index in [1.165, 1.54) is 44.9 Å². The second kappa shape index (κ2) is 5.87. The molecule has 2 heteroatoms. The average molecular weight is 234 g/mol. The van der Waals surface area contributed by atoms with E-state index in [2.05, 4.69) is 24.9 Å². The molecule has 0 aromatic rings. The molecule has 0 radical (unpaired) electrons. The minimum Gasteiger partial charge on any atom is -0.299 e. The fourth-order valence-corrected chi connectivity index (χ4v) is 3.79. The van der Waals surface area contributed by atoms with Crippen molar-refractivity contribution in [3.05, 3.63) is 0 Å². The maximum Gasteiger partial charge on any atom is 0.0672 e. The van der Waals surface area contributed by atoms with E-state index in [4.69, 9.17) is 0 Å². The predicted molar refractivity (Wildman–Crippen MR) is 70.5 cm³/mol. The topological polar surface area (TPSA) is 27.0 Å². The summed E-state index contributed by atoms with van der Waals surface area (Å²) in [7, 11) is 2.27. The SMILES string of the molecule is CCC1CCC(C#N)C(N(C)C2CCCC2)C1. The van der Waals surface area contributed by atoms with Gasteiger partial charge in [0, 0.05) is 12.1 Å². The zero-order valence-corrected chi connectivity index (χ0v) is 11.4. The smallest absolute Gasteiger partial charge is 0.0672 e. The molecular weight excluding hydrogens is 208 g/mol. The lowest BCUT2D eigenvalue weighted by Crippen LogP contribution is -2.46. The fourth-order valence-electron chi connectivity index (χ4n) is 3.79. The third kappa shape index (κ3) is 2.83. The van der Waals surface area contributed by atoms with Crippen LogP contribution >= 0.6 is 0 Å². The fraction of sp³-hybridized carbons (Fsp3) is 0.933. The van der Waals surface area contributed by atoms with Gasteiger partial charge < -0.3 is 0 Å². The summed E-state index contributed by atoms with van der Waals surface area (Å²) >= 11 is 0. The second-order valence-electron chi connectivity index (χ2n) is 5.99. The van der Waals surface area contributed by atoms with Crippen molar-refractivity contribution in [2.75, 3.05) is 7.05 Å². The van der Waals surface area contributed by atoms with E-state index in [-0.39, 0.29) is 5.92 Å². The summed E-state index contributed by atoms with van der Waals surface area (Å²) in [4.78, 5) is 2.56. The molecule has 96 valence electrons. The van der Waals surface area contributed by atoms with Crippen molar-refractivity contribution in [3.8, 4) is 6.07 Å². The molecule has 2 saturated carbocycles. The van der Waals surface area contributed by atoms with Crippen LogP contribution in [0, 0.1) is 23.2 Å². The highest BCUT2D eigenvalue weighted by Gasteiger charge is 2.35. The molecule has 0 aromatic heterocycles. The van der Waals surface area contributed by atoms with E-state index in [1.54, 1.807) is 0 Å². The van der Waals surface area contributed by atoms with Gasteiger partial charge in [-0.05, 0) is 45.1 Å². The van der Waals surface area contributed by atoms with Gasteiger partial charge in [0.25, 0.3) is 0 Å². The van der Waals surface area contributed by atoms with Gasteiger partial charge in [-0.3, -0.25) is 4.90 Å². The van der Waals surface area contributed by atoms with Crippen LogP contribution < -0.4 is 0 Å². The van der Waals surface area contributed by atoms with E-state index < -0.39 is 0 Å². The van der Waals surface area contributed by atoms with Crippen LogP contribution in [-0.2, 0) is 0 Å². The van der Waals surface area contributed by atoms with Crippen molar-refractivity contribution in [1.82, 2.24) is 4.90 Å². The maximum absolute atomic E-state index is 9.34. The Balaban J connectivity index is 2.01. The lowest BCUT2D eigenvalue weighted by Gasteiger charge is -2.41. The Morgan fingerprint density at radius 2 is 1.88 bits per heavy atom. The second-order valence-corrected chi connectivity index (χ2v) is 5.99. The Morgan fingerprint density at radius 3 is 2.47 bits per heavy atom. The molecule has 0 bridgehead atoms. The van der Waals surface area contributed by atoms with Gasteiger partial charge in [-0.25, -0.2) is 0 Å². The van der Waals surface area contributed by atoms with Crippen LogP contribution in [0.5, 0.6) is 0 Å². The molecule has 3 unspecified atom stereocenters. The predicted octanol–water partition coefficient (Wildman–Crippen LogP) is 3.58. The van der Waals surface area contributed by atoms with Gasteiger partial charge >= 0.3 is 0 Å². The third-order valence-corrected chi connectivity index (χ3v) is 5.09. The zero-order valence-electron chi connectivity index (χ0n) is 11.4. The molecule has 0 amide bonds. The molecule has 0 saturated heterocycles. The van der Waals surface area contributed by atoms with E-state index in [0.29, 0.717) is 6.04 Å². The minimum absolute atomic E-state index is 0.281. The molecular formula is C15H26N2. The quantitative estimate of drug-likeness (QED) is 0.746. The van der Waals surface area contributed by atoms with Crippen molar-refractivity contribution in [2.45, 2.75) is 70.4 Å². The number of hydrogen-bond donors (Lipinski definition) is 0. The largest absolute Gasteiger partial charge is 0.299 e. The van der Waals surface area contributed by atoms with Gasteiger partial charge in [0.15, 0.2) is 0 Å². The minimum atomic E-state index is 0.281. The zero-order chi connectivity index (χ0) is 12.3. The first kappa shape index (κ1) is 12.9. The standard InChI is InChI=1S/C15H26N2/c1-3-12-8-9-13(11-16)15(10-12)17(2)14-6-4-5-7-14/h12-15H,3-10H2,1-2H3. The van der Waals surface area contributed by atoms with E-state index in [0.717, 1.165) is 18.4 Å². The molecule has 0 N–H and O–H groups in total. The highest BCUT2D eigenvalue weighted by atomic mass is 15.2. The maximum atomic E-state index is 9.34. The van der Waals surface area contributed by atoms with E-state index >= 15 is 0 Å². The molecule has 0 spiro atoms. The molecule has 0 heterocycles. The van der Waals surface area contributed by atoms with Crippen LogP contribution in [0.3, 0.4) is 0 Å².